The second kappa shape index (κ2) is 4.77. The highest BCUT2D eigenvalue weighted by molar-refractivity contribution is 5.87. The fourth-order valence-corrected chi connectivity index (χ4v) is 2.57. The van der Waals surface area contributed by atoms with Gasteiger partial charge in [-0.05, 0) is 30.9 Å². The fraction of sp³-hybridized carbons (Fsp3) is 0.500. The van der Waals surface area contributed by atoms with Gasteiger partial charge in [0.1, 0.15) is 0 Å². The quantitative estimate of drug-likeness (QED) is 0.907. The molecule has 6 heteroatoms. The molecule has 0 heterocycles. The number of carbonyl (C=O) groups excluding carboxylic acids is 1. The summed E-state index contributed by atoms with van der Waals surface area (Å²) in [5.74, 6) is -1.10. The highest BCUT2D eigenvalue weighted by Crippen LogP contribution is 2.37. The smallest absolute Gasteiger partial charge is 0.337 e. The minimum Gasteiger partial charge on any atom is -0.337 e. The Labute approximate surface area is 115 Å². The molecule has 2 atom stereocenters. The molecule has 2 unspecified atom stereocenters. The zero-order valence-corrected chi connectivity index (χ0v) is 11.4. The van der Waals surface area contributed by atoms with Crippen molar-refractivity contribution in [2.75, 3.05) is 7.05 Å². The topological polar surface area (TPSA) is 46.3 Å². The molecule has 0 aromatic heterocycles. The predicted octanol–water partition coefficient (Wildman–Crippen LogP) is 2.41. The van der Waals surface area contributed by atoms with Crippen LogP contribution in [0.4, 0.5) is 13.2 Å². The molecule has 1 amide bonds. The van der Waals surface area contributed by atoms with Crippen molar-refractivity contribution in [1.82, 2.24) is 4.90 Å². The van der Waals surface area contributed by atoms with Crippen LogP contribution in [-0.4, -0.2) is 29.6 Å². The summed E-state index contributed by atoms with van der Waals surface area (Å²) in [6, 6.07) is 7.13. The molecule has 110 valence electrons. The number of hydrogen-bond donors (Lipinski definition) is 1. The van der Waals surface area contributed by atoms with E-state index < -0.39 is 17.6 Å². The van der Waals surface area contributed by atoms with Crippen LogP contribution in [0.1, 0.15) is 30.5 Å². The van der Waals surface area contributed by atoms with Gasteiger partial charge in [0, 0.05) is 7.05 Å². The fourth-order valence-electron chi connectivity index (χ4n) is 2.57. The average molecular weight is 286 g/mol. The van der Waals surface area contributed by atoms with Gasteiger partial charge in [-0.2, -0.15) is 13.2 Å². The van der Waals surface area contributed by atoms with Gasteiger partial charge in [-0.1, -0.05) is 24.3 Å². The van der Waals surface area contributed by atoms with E-state index in [0.29, 0.717) is 13.3 Å². The Kier molecular flexibility index (Phi) is 3.54. The summed E-state index contributed by atoms with van der Waals surface area (Å²) in [6.07, 6.45) is -3.39. The molecule has 0 spiro atoms. The lowest BCUT2D eigenvalue weighted by Gasteiger charge is -2.34. The van der Waals surface area contributed by atoms with Crippen LogP contribution in [0.15, 0.2) is 24.3 Å². The Morgan fingerprint density at radius 1 is 1.35 bits per heavy atom. The first-order chi connectivity index (χ1) is 9.16. The van der Waals surface area contributed by atoms with Crippen molar-refractivity contribution in [3.63, 3.8) is 0 Å². The van der Waals surface area contributed by atoms with Gasteiger partial charge in [-0.15, -0.1) is 0 Å². The summed E-state index contributed by atoms with van der Waals surface area (Å²) in [6.45, 7) is 0.715. The largest absolute Gasteiger partial charge is 0.415 e. The van der Waals surface area contributed by atoms with E-state index >= 15 is 0 Å². The van der Waals surface area contributed by atoms with E-state index in [1.807, 2.05) is 24.3 Å². The van der Waals surface area contributed by atoms with E-state index in [9.17, 15) is 18.0 Å². The van der Waals surface area contributed by atoms with E-state index in [2.05, 4.69) is 0 Å². The molecule has 0 bridgehead atoms. The Hall–Kier alpha value is -1.56. The summed E-state index contributed by atoms with van der Waals surface area (Å²) in [5, 5.41) is 0. The van der Waals surface area contributed by atoms with Gasteiger partial charge in [-0.25, -0.2) is 0 Å². The second-order valence-electron chi connectivity index (χ2n) is 5.37. The highest BCUT2D eigenvalue weighted by Gasteiger charge is 2.55. The molecule has 1 aliphatic rings. The van der Waals surface area contributed by atoms with E-state index in [-0.39, 0.29) is 6.04 Å². The molecule has 1 aliphatic carbocycles. The Morgan fingerprint density at radius 3 is 2.55 bits per heavy atom. The Morgan fingerprint density at radius 2 is 1.95 bits per heavy atom. The molecular formula is C14H17F3N2O. The van der Waals surface area contributed by atoms with Crippen LogP contribution in [0, 0.1) is 0 Å². The maximum absolute atomic E-state index is 12.9. The second-order valence-corrected chi connectivity index (χ2v) is 5.37. The van der Waals surface area contributed by atoms with Crippen LogP contribution < -0.4 is 5.73 Å². The van der Waals surface area contributed by atoms with E-state index in [1.165, 1.54) is 7.05 Å². The van der Waals surface area contributed by atoms with Gasteiger partial charge in [0.15, 0.2) is 5.54 Å². The third-order valence-electron chi connectivity index (χ3n) is 3.92. The van der Waals surface area contributed by atoms with Gasteiger partial charge in [0.2, 0.25) is 0 Å². The summed E-state index contributed by atoms with van der Waals surface area (Å²) in [7, 11) is 1.38. The number of fused-ring (bicyclic) bond motifs is 1. The monoisotopic (exact) mass is 286 g/mol. The number of halogens is 3. The molecule has 0 saturated carbocycles. The molecule has 2 N–H and O–H groups in total. The van der Waals surface area contributed by atoms with Gasteiger partial charge in [0.25, 0.3) is 5.91 Å². The minimum absolute atomic E-state index is 0.344. The first kappa shape index (κ1) is 14.8. The number of nitrogens with two attached hydrogens (primary N) is 1. The summed E-state index contributed by atoms with van der Waals surface area (Å²) >= 11 is 0. The molecule has 1 aromatic rings. The maximum atomic E-state index is 12.9. The average Bonchev–Trinajstić information content (AvgIpc) is 2.79. The molecule has 0 fully saturated rings. The van der Waals surface area contributed by atoms with Gasteiger partial charge in [-0.3, -0.25) is 4.79 Å². The molecular weight excluding hydrogens is 269 g/mol. The lowest BCUT2D eigenvalue weighted by molar-refractivity contribution is -0.194. The Bertz CT molecular complexity index is 525. The molecule has 0 saturated heterocycles. The summed E-state index contributed by atoms with van der Waals surface area (Å²) in [4.78, 5) is 13.2. The van der Waals surface area contributed by atoms with Crippen LogP contribution in [-0.2, 0) is 11.2 Å². The van der Waals surface area contributed by atoms with Crippen molar-refractivity contribution in [2.24, 2.45) is 5.73 Å². The Balaban J connectivity index is 2.26. The van der Waals surface area contributed by atoms with Crippen LogP contribution in [0.3, 0.4) is 0 Å². The molecule has 2 rings (SSSR count). The first-order valence-corrected chi connectivity index (χ1v) is 6.37. The molecule has 0 aliphatic heterocycles. The SMILES string of the molecule is CN(C(=O)C(C)(N)C(F)(F)F)C1CCc2ccccc21. The van der Waals surface area contributed by atoms with Crippen molar-refractivity contribution >= 4 is 5.91 Å². The molecule has 0 radical (unpaired) electrons. The molecule has 1 aromatic carbocycles. The van der Waals surface area contributed by atoms with Gasteiger partial charge >= 0.3 is 6.18 Å². The third kappa shape index (κ3) is 2.28. The van der Waals surface area contributed by atoms with Crippen molar-refractivity contribution in [1.29, 1.82) is 0 Å². The number of alkyl halides is 3. The lowest BCUT2D eigenvalue weighted by Crippen LogP contribution is -2.61. The number of carbonyl (C=O) groups is 1. The van der Waals surface area contributed by atoms with Crippen molar-refractivity contribution in [2.45, 2.75) is 37.5 Å². The van der Waals surface area contributed by atoms with E-state index in [1.54, 1.807) is 0 Å². The number of benzene rings is 1. The van der Waals surface area contributed by atoms with Crippen LogP contribution in [0.2, 0.25) is 0 Å². The van der Waals surface area contributed by atoms with Crippen LogP contribution in [0.5, 0.6) is 0 Å². The zero-order valence-electron chi connectivity index (χ0n) is 11.4. The van der Waals surface area contributed by atoms with E-state index in [4.69, 9.17) is 5.73 Å². The number of nitrogens with zero attached hydrogens (tertiary/aromatic N) is 1. The summed E-state index contributed by atoms with van der Waals surface area (Å²) < 4.78 is 38.6. The van der Waals surface area contributed by atoms with Crippen LogP contribution >= 0.6 is 0 Å². The lowest BCUT2D eigenvalue weighted by atomic mass is 9.99. The number of hydrogen-bond acceptors (Lipinski definition) is 2. The van der Waals surface area contributed by atoms with E-state index in [0.717, 1.165) is 22.4 Å². The maximum Gasteiger partial charge on any atom is 0.415 e. The highest BCUT2D eigenvalue weighted by atomic mass is 19.4. The number of rotatable bonds is 2. The van der Waals surface area contributed by atoms with Gasteiger partial charge in [0.05, 0.1) is 6.04 Å². The third-order valence-corrected chi connectivity index (χ3v) is 3.92. The van der Waals surface area contributed by atoms with Crippen molar-refractivity contribution in [3.05, 3.63) is 35.4 Å². The normalized spacial score (nSPS) is 21.2. The van der Waals surface area contributed by atoms with Gasteiger partial charge < -0.3 is 10.6 Å². The number of aryl methyl sites for hydroxylation is 1. The summed E-state index contributed by atoms with van der Waals surface area (Å²) in [5.41, 5.74) is 4.32. The zero-order chi connectivity index (χ0) is 15.1. The number of likely N-dealkylation sites (N-methyl/N-ethyl adjacent to an activating group) is 1. The first-order valence-electron chi connectivity index (χ1n) is 6.37. The van der Waals surface area contributed by atoms with Crippen LogP contribution in [0.25, 0.3) is 0 Å². The van der Waals surface area contributed by atoms with Crippen molar-refractivity contribution < 1.29 is 18.0 Å². The predicted molar refractivity (Wildman–Crippen MR) is 68.9 cm³/mol. The molecule has 3 nitrogen and oxygen atoms in total. The molecule has 20 heavy (non-hydrogen) atoms. The standard InChI is InChI=1S/C14H17F3N2O/c1-13(18,14(15,16)17)12(20)19(2)11-8-7-9-5-3-4-6-10(9)11/h3-6,11H,7-8,18H2,1-2H3. The van der Waals surface area contributed by atoms with Crippen molar-refractivity contribution in [3.8, 4) is 0 Å². The minimum atomic E-state index is -4.77. The number of amides is 1.